The summed E-state index contributed by atoms with van der Waals surface area (Å²) < 4.78 is 36.4. The molecule has 0 saturated heterocycles. The predicted molar refractivity (Wildman–Crippen MR) is 132 cm³/mol. The number of nitrogens with two attached hydrogens (primary N) is 1. The summed E-state index contributed by atoms with van der Waals surface area (Å²) in [5, 5.41) is 6.02. The maximum absolute atomic E-state index is 12.0. The summed E-state index contributed by atoms with van der Waals surface area (Å²) >= 11 is 0. The smallest absolute Gasteiger partial charge is 0.261 e. The summed E-state index contributed by atoms with van der Waals surface area (Å²) in [7, 11) is -0.460. The van der Waals surface area contributed by atoms with Gasteiger partial charge >= 0.3 is 0 Å². The van der Waals surface area contributed by atoms with Crippen molar-refractivity contribution in [3.63, 3.8) is 0 Å². The fourth-order valence-electron chi connectivity index (χ4n) is 2.46. The van der Waals surface area contributed by atoms with Crippen LogP contribution in [0.4, 0.5) is 0 Å². The highest BCUT2D eigenvalue weighted by Crippen LogP contribution is 2.27. The Morgan fingerprint density at radius 1 is 1.12 bits per heavy atom. The minimum atomic E-state index is -3.67. The number of amides is 1. The van der Waals surface area contributed by atoms with Gasteiger partial charge in [-0.1, -0.05) is 17.7 Å². The highest BCUT2D eigenvalue weighted by Gasteiger charge is 2.06. The van der Waals surface area contributed by atoms with Gasteiger partial charge in [0, 0.05) is 19.5 Å². The van der Waals surface area contributed by atoms with Gasteiger partial charge in [-0.2, -0.15) is 8.42 Å². The highest BCUT2D eigenvalue weighted by atomic mass is 32.2. The molecule has 0 unspecified atom stereocenters. The zero-order chi connectivity index (χ0) is 25.3. The minimum Gasteiger partial charge on any atom is -0.493 e. The molecule has 0 bridgehead atoms. The van der Waals surface area contributed by atoms with E-state index in [0.717, 1.165) is 24.9 Å². The van der Waals surface area contributed by atoms with Crippen molar-refractivity contribution in [2.24, 2.45) is 10.7 Å². The number of allylic oxidation sites excluding steroid dienone is 1. The topological polar surface area (TPSA) is 152 Å². The molecule has 0 aliphatic heterocycles. The van der Waals surface area contributed by atoms with Gasteiger partial charge in [-0.3, -0.25) is 9.35 Å². The van der Waals surface area contributed by atoms with Crippen molar-refractivity contribution in [3.8, 4) is 11.5 Å². The first-order valence-electron chi connectivity index (χ1n) is 10.5. The first kappa shape index (κ1) is 30.2. The normalized spacial score (nSPS) is 11.0. The van der Waals surface area contributed by atoms with E-state index >= 15 is 0 Å². The van der Waals surface area contributed by atoms with Crippen molar-refractivity contribution >= 4 is 22.0 Å². The molecule has 10 nitrogen and oxygen atoms in total. The molecular formula is C22H38N4O6S. The fraction of sp³-hybridized carbons (Fsp3) is 0.545. The van der Waals surface area contributed by atoms with E-state index in [9.17, 15) is 13.2 Å². The average molecular weight is 487 g/mol. The van der Waals surface area contributed by atoms with Gasteiger partial charge in [0.15, 0.2) is 17.5 Å². The number of aryl methyl sites for hydroxylation is 1. The van der Waals surface area contributed by atoms with Gasteiger partial charge in [0.05, 0.1) is 27.0 Å². The summed E-state index contributed by atoms with van der Waals surface area (Å²) in [5.74, 6) is 1.87. The standard InChI is InChI=1S/C21H34N4O3.CH4O3S/c1-16(2)11-14-25-21(22)24-13-6-5-12-23-20(26)10-8-17-7-9-18(27-3)19(15-17)28-4;1-5(2,3)4/h7,9,11,15H,5-6,8,10,12-14H2,1-4H3,(H,23,26)(H3,22,24,25);1H3,(H,2,3,4). The third kappa shape index (κ3) is 18.5. The van der Waals surface area contributed by atoms with Crippen molar-refractivity contribution in [2.75, 3.05) is 40.1 Å². The van der Waals surface area contributed by atoms with Crippen LogP contribution < -0.4 is 25.8 Å². The molecule has 1 aromatic carbocycles. The molecular weight excluding hydrogens is 448 g/mol. The number of hydrogen-bond donors (Lipinski definition) is 4. The second-order valence-electron chi connectivity index (χ2n) is 7.41. The lowest BCUT2D eigenvalue weighted by Gasteiger charge is -2.10. The SMILES string of the molecule is COc1ccc(CCC(=O)NCCCCNC(N)=NCC=C(C)C)cc1OC.CS(=O)(=O)O. The van der Waals surface area contributed by atoms with Crippen LogP contribution in [0, 0.1) is 0 Å². The summed E-state index contributed by atoms with van der Waals surface area (Å²) in [6.07, 6.45) is 5.63. The number of unbranched alkanes of at least 4 members (excludes halogenated alkanes) is 1. The van der Waals surface area contributed by atoms with Crippen LogP contribution in [0.2, 0.25) is 0 Å². The number of carbonyl (C=O) groups is 1. The highest BCUT2D eigenvalue weighted by molar-refractivity contribution is 7.85. The van der Waals surface area contributed by atoms with E-state index in [2.05, 4.69) is 15.6 Å². The molecule has 11 heteroatoms. The molecule has 0 fully saturated rings. The number of rotatable bonds is 12. The number of aliphatic imine (C=N–C) groups is 1. The fourth-order valence-corrected chi connectivity index (χ4v) is 2.46. The number of guanidine groups is 1. The van der Waals surface area contributed by atoms with E-state index in [1.807, 2.05) is 38.1 Å². The lowest BCUT2D eigenvalue weighted by atomic mass is 10.1. The van der Waals surface area contributed by atoms with Gasteiger partial charge in [-0.15, -0.1) is 0 Å². The van der Waals surface area contributed by atoms with E-state index in [1.54, 1.807) is 14.2 Å². The van der Waals surface area contributed by atoms with Crippen LogP contribution in [0.25, 0.3) is 0 Å². The van der Waals surface area contributed by atoms with E-state index in [0.29, 0.717) is 49.6 Å². The molecule has 0 heterocycles. The maximum atomic E-state index is 12.0. The van der Waals surface area contributed by atoms with Crippen LogP contribution in [0.1, 0.15) is 38.7 Å². The van der Waals surface area contributed by atoms with Crippen molar-refractivity contribution in [1.29, 1.82) is 0 Å². The molecule has 0 atom stereocenters. The second kappa shape index (κ2) is 16.8. The second-order valence-corrected chi connectivity index (χ2v) is 8.88. The average Bonchev–Trinajstić information content (AvgIpc) is 2.72. The van der Waals surface area contributed by atoms with Gasteiger partial charge in [0.1, 0.15) is 0 Å². The van der Waals surface area contributed by atoms with E-state index in [4.69, 9.17) is 19.8 Å². The third-order valence-corrected chi connectivity index (χ3v) is 4.08. The number of hydrogen-bond acceptors (Lipinski definition) is 6. The van der Waals surface area contributed by atoms with Crippen LogP contribution in [0.3, 0.4) is 0 Å². The van der Waals surface area contributed by atoms with E-state index in [-0.39, 0.29) is 5.91 Å². The molecule has 1 rings (SSSR count). The largest absolute Gasteiger partial charge is 0.493 e. The minimum absolute atomic E-state index is 0.0468. The number of carbonyl (C=O) groups excluding carboxylic acids is 1. The van der Waals surface area contributed by atoms with Crippen LogP contribution in [-0.2, 0) is 21.3 Å². The molecule has 0 saturated carbocycles. The summed E-state index contributed by atoms with van der Waals surface area (Å²) in [5.41, 5.74) is 8.04. The molecule has 0 radical (unpaired) electrons. The third-order valence-electron chi connectivity index (χ3n) is 4.08. The van der Waals surface area contributed by atoms with Crippen molar-refractivity contribution in [3.05, 3.63) is 35.4 Å². The van der Waals surface area contributed by atoms with E-state index < -0.39 is 10.1 Å². The Bertz CT molecular complexity index is 873. The number of nitrogens with one attached hydrogen (secondary N) is 2. The zero-order valence-electron chi connectivity index (χ0n) is 20.2. The number of benzene rings is 1. The Hall–Kier alpha value is -2.79. The summed E-state index contributed by atoms with van der Waals surface area (Å²) in [6.45, 7) is 6.05. The molecule has 0 aliphatic rings. The van der Waals surface area contributed by atoms with Crippen molar-refractivity contribution in [1.82, 2.24) is 10.6 Å². The molecule has 33 heavy (non-hydrogen) atoms. The quantitative estimate of drug-likeness (QED) is 0.115. The van der Waals surface area contributed by atoms with Crippen LogP contribution >= 0.6 is 0 Å². The first-order chi connectivity index (χ1) is 15.5. The Morgan fingerprint density at radius 2 is 1.70 bits per heavy atom. The van der Waals surface area contributed by atoms with Crippen LogP contribution in [0.15, 0.2) is 34.8 Å². The van der Waals surface area contributed by atoms with Crippen molar-refractivity contribution < 1.29 is 27.2 Å². The number of methoxy groups -OCH3 is 2. The zero-order valence-corrected chi connectivity index (χ0v) is 21.0. The van der Waals surface area contributed by atoms with Gasteiger partial charge in [0.25, 0.3) is 10.1 Å². The summed E-state index contributed by atoms with van der Waals surface area (Å²) in [4.78, 5) is 16.2. The molecule has 1 amide bonds. The van der Waals surface area contributed by atoms with Crippen LogP contribution in [-0.4, -0.2) is 64.9 Å². The Morgan fingerprint density at radius 3 is 2.24 bits per heavy atom. The van der Waals surface area contributed by atoms with Gasteiger partial charge < -0.3 is 25.8 Å². The maximum Gasteiger partial charge on any atom is 0.261 e. The number of nitrogens with zero attached hydrogens (tertiary/aromatic N) is 1. The molecule has 0 spiro atoms. The van der Waals surface area contributed by atoms with Crippen molar-refractivity contribution in [2.45, 2.75) is 39.5 Å². The van der Waals surface area contributed by atoms with Gasteiger partial charge in [-0.05, 0) is 50.8 Å². The van der Waals surface area contributed by atoms with Crippen LogP contribution in [0.5, 0.6) is 11.5 Å². The predicted octanol–water partition coefficient (Wildman–Crippen LogP) is 1.91. The molecule has 0 aliphatic carbocycles. The Labute approximate surface area is 197 Å². The van der Waals surface area contributed by atoms with E-state index in [1.165, 1.54) is 5.57 Å². The molecule has 188 valence electrons. The lowest BCUT2D eigenvalue weighted by molar-refractivity contribution is -0.121. The number of ether oxygens (including phenoxy) is 2. The van der Waals surface area contributed by atoms with Gasteiger partial charge in [0.2, 0.25) is 5.91 Å². The summed E-state index contributed by atoms with van der Waals surface area (Å²) in [6, 6.07) is 5.71. The van der Waals surface area contributed by atoms with Gasteiger partial charge in [-0.25, -0.2) is 4.99 Å². The molecule has 0 aromatic heterocycles. The lowest BCUT2D eigenvalue weighted by Crippen LogP contribution is -2.33. The molecule has 1 aromatic rings. The molecule has 5 N–H and O–H groups in total. The Kier molecular flexibility index (Phi) is 15.4. The monoisotopic (exact) mass is 486 g/mol. The Balaban J connectivity index is 0.00000184. The first-order valence-corrected chi connectivity index (χ1v) is 12.4.